The average Bonchev–Trinajstić information content (AvgIpc) is 2.36. The first-order valence-electron chi connectivity index (χ1n) is 5.88. The predicted octanol–water partition coefficient (Wildman–Crippen LogP) is 5.12. The van der Waals surface area contributed by atoms with Crippen LogP contribution in [0, 0.1) is 25.7 Å². The standard InChI is InChI=1S/C16H13Cl2P/c1-12-10-15(11-13(2)16(12)19(17)18)9-8-14-6-4-3-5-7-14/h3-7,10-11H,1-2H3. The van der Waals surface area contributed by atoms with Crippen molar-refractivity contribution >= 4 is 34.4 Å². The Labute approximate surface area is 125 Å². The predicted molar refractivity (Wildman–Crippen MR) is 86.6 cm³/mol. The van der Waals surface area contributed by atoms with Crippen LogP contribution in [0.25, 0.3) is 0 Å². The fraction of sp³-hybridized carbons (Fsp3) is 0.125. The molecule has 0 heterocycles. The first-order valence-corrected chi connectivity index (χ1v) is 9.03. The van der Waals surface area contributed by atoms with E-state index in [2.05, 4.69) is 11.8 Å². The average molecular weight is 307 g/mol. The summed E-state index contributed by atoms with van der Waals surface area (Å²) < 4.78 is 0. The van der Waals surface area contributed by atoms with E-state index >= 15 is 0 Å². The molecule has 3 heteroatoms. The third kappa shape index (κ3) is 3.74. The van der Waals surface area contributed by atoms with Gasteiger partial charge in [-0.25, -0.2) is 0 Å². The maximum absolute atomic E-state index is 6.03. The zero-order valence-corrected chi connectivity index (χ0v) is 13.2. The highest BCUT2D eigenvalue weighted by atomic mass is 35.9. The van der Waals surface area contributed by atoms with Gasteiger partial charge in [0, 0.05) is 16.4 Å². The summed E-state index contributed by atoms with van der Waals surface area (Å²) >= 11 is 12.1. The van der Waals surface area contributed by atoms with Gasteiger partial charge in [-0.15, -0.1) is 0 Å². The Morgan fingerprint density at radius 3 is 1.89 bits per heavy atom. The van der Waals surface area contributed by atoms with E-state index in [4.69, 9.17) is 22.5 Å². The zero-order chi connectivity index (χ0) is 13.8. The molecule has 0 saturated carbocycles. The van der Waals surface area contributed by atoms with Crippen molar-refractivity contribution in [2.75, 3.05) is 0 Å². The van der Waals surface area contributed by atoms with Crippen LogP contribution in [-0.4, -0.2) is 0 Å². The molecule has 0 saturated heterocycles. The lowest BCUT2D eigenvalue weighted by Gasteiger charge is -2.10. The summed E-state index contributed by atoms with van der Waals surface area (Å²) in [6.45, 7) is 2.94. The van der Waals surface area contributed by atoms with Gasteiger partial charge < -0.3 is 0 Å². The number of halogens is 2. The summed E-state index contributed by atoms with van der Waals surface area (Å²) in [5.74, 6) is 6.33. The molecule has 0 amide bonds. The summed E-state index contributed by atoms with van der Waals surface area (Å²) in [6, 6.07) is 14.0. The highest BCUT2D eigenvalue weighted by molar-refractivity contribution is 8.09. The molecule has 0 radical (unpaired) electrons. The third-order valence-electron chi connectivity index (χ3n) is 2.79. The van der Waals surface area contributed by atoms with Crippen molar-refractivity contribution < 1.29 is 0 Å². The molecule has 0 aliphatic carbocycles. The first-order chi connectivity index (χ1) is 9.08. The fourth-order valence-electron chi connectivity index (χ4n) is 1.96. The Balaban J connectivity index is 2.36. The van der Waals surface area contributed by atoms with Gasteiger partial charge in [-0.2, -0.15) is 0 Å². The van der Waals surface area contributed by atoms with E-state index in [1.54, 1.807) is 0 Å². The van der Waals surface area contributed by atoms with E-state index < -0.39 is 6.63 Å². The molecule has 19 heavy (non-hydrogen) atoms. The lowest BCUT2D eigenvalue weighted by molar-refractivity contribution is 1.42. The zero-order valence-electron chi connectivity index (χ0n) is 10.7. The monoisotopic (exact) mass is 306 g/mol. The van der Waals surface area contributed by atoms with Crippen molar-refractivity contribution in [1.29, 1.82) is 0 Å². The molecule has 0 aliphatic heterocycles. The molecule has 2 rings (SSSR count). The second kappa shape index (κ2) is 6.44. The molecule has 0 unspecified atom stereocenters. The van der Waals surface area contributed by atoms with Gasteiger partial charge in [0.05, 0.1) is 0 Å². The van der Waals surface area contributed by atoms with Gasteiger partial charge in [0.15, 0.2) is 0 Å². The minimum atomic E-state index is -1.11. The van der Waals surface area contributed by atoms with Crippen molar-refractivity contribution in [3.63, 3.8) is 0 Å². The minimum absolute atomic E-state index is 0.993. The van der Waals surface area contributed by atoms with Crippen LogP contribution in [0.15, 0.2) is 42.5 Å². The molecule has 0 bridgehead atoms. The minimum Gasteiger partial charge on any atom is -0.0727 e. The summed E-state index contributed by atoms with van der Waals surface area (Å²) in [5, 5.41) is 1.04. The molecular formula is C16H13Cl2P. The van der Waals surface area contributed by atoms with Crippen molar-refractivity contribution in [2.45, 2.75) is 13.8 Å². The molecule has 2 aromatic carbocycles. The van der Waals surface area contributed by atoms with E-state index in [-0.39, 0.29) is 0 Å². The van der Waals surface area contributed by atoms with Gasteiger partial charge in [-0.1, -0.05) is 52.5 Å². The quantitative estimate of drug-likeness (QED) is 0.507. The normalized spacial score (nSPS) is 10.2. The summed E-state index contributed by atoms with van der Waals surface area (Å²) in [6.07, 6.45) is 0. The third-order valence-corrected chi connectivity index (χ3v) is 4.84. The van der Waals surface area contributed by atoms with Crippen molar-refractivity contribution in [2.24, 2.45) is 0 Å². The molecule has 0 spiro atoms. The van der Waals surface area contributed by atoms with Gasteiger partial charge in [0.25, 0.3) is 0 Å². The van der Waals surface area contributed by atoms with Crippen LogP contribution in [0.1, 0.15) is 22.3 Å². The van der Waals surface area contributed by atoms with Crippen molar-refractivity contribution in [3.8, 4) is 11.8 Å². The van der Waals surface area contributed by atoms with E-state index in [1.165, 1.54) is 0 Å². The molecule has 96 valence electrons. The summed E-state index contributed by atoms with van der Waals surface area (Å²) in [7, 11) is 0. The van der Waals surface area contributed by atoms with Gasteiger partial charge in [-0.3, -0.25) is 0 Å². The van der Waals surface area contributed by atoms with E-state index in [0.717, 1.165) is 27.6 Å². The Hall–Kier alpha value is -0.990. The Bertz CT molecular complexity index is 614. The van der Waals surface area contributed by atoms with E-state index in [9.17, 15) is 0 Å². The van der Waals surface area contributed by atoms with Gasteiger partial charge >= 0.3 is 0 Å². The second-order valence-corrected chi connectivity index (χ2v) is 7.77. The number of hydrogen-bond acceptors (Lipinski definition) is 0. The molecule has 0 nitrogen and oxygen atoms in total. The molecule has 0 atom stereocenters. The summed E-state index contributed by atoms with van der Waals surface area (Å²) in [4.78, 5) is 0. The van der Waals surface area contributed by atoms with Crippen molar-refractivity contribution in [3.05, 3.63) is 64.7 Å². The molecule has 2 aromatic rings. The van der Waals surface area contributed by atoms with Crippen LogP contribution in [0.3, 0.4) is 0 Å². The first kappa shape index (κ1) is 14.4. The Morgan fingerprint density at radius 1 is 0.842 bits per heavy atom. The Kier molecular flexibility index (Phi) is 4.89. The maximum Gasteiger partial charge on any atom is 0.117 e. The molecule has 0 aromatic heterocycles. The number of hydrogen-bond donors (Lipinski definition) is 0. The van der Waals surface area contributed by atoms with Crippen LogP contribution >= 0.6 is 29.1 Å². The highest BCUT2D eigenvalue weighted by Gasteiger charge is 2.11. The van der Waals surface area contributed by atoms with Gasteiger partial charge in [0.2, 0.25) is 0 Å². The van der Waals surface area contributed by atoms with Crippen LogP contribution in [0.5, 0.6) is 0 Å². The topological polar surface area (TPSA) is 0 Å². The smallest absolute Gasteiger partial charge is 0.0727 e. The van der Waals surface area contributed by atoms with Crippen molar-refractivity contribution in [1.82, 2.24) is 0 Å². The molecule has 0 aliphatic rings. The maximum atomic E-state index is 6.03. The van der Waals surface area contributed by atoms with Crippen LogP contribution in [0.2, 0.25) is 0 Å². The second-order valence-electron chi connectivity index (χ2n) is 4.31. The van der Waals surface area contributed by atoms with Crippen LogP contribution < -0.4 is 5.30 Å². The van der Waals surface area contributed by atoms with Crippen LogP contribution in [0.4, 0.5) is 0 Å². The molecule has 0 N–H and O–H groups in total. The molecule has 0 fully saturated rings. The van der Waals surface area contributed by atoms with Gasteiger partial charge in [-0.05, 0) is 49.2 Å². The molecular weight excluding hydrogens is 294 g/mol. The number of benzene rings is 2. The highest BCUT2D eigenvalue weighted by Crippen LogP contribution is 2.47. The largest absolute Gasteiger partial charge is 0.117 e. The number of aryl methyl sites for hydroxylation is 2. The fourth-order valence-corrected chi connectivity index (χ4v) is 4.22. The van der Waals surface area contributed by atoms with E-state index in [1.807, 2.05) is 56.3 Å². The van der Waals surface area contributed by atoms with Gasteiger partial charge in [0.1, 0.15) is 6.63 Å². The Morgan fingerprint density at radius 2 is 1.37 bits per heavy atom. The summed E-state index contributed by atoms with van der Waals surface area (Å²) in [5.41, 5.74) is 4.22. The lowest BCUT2D eigenvalue weighted by atomic mass is 10.1. The SMILES string of the molecule is Cc1cc(C#Cc2ccccc2)cc(C)c1P(Cl)Cl. The van der Waals surface area contributed by atoms with Crippen LogP contribution in [-0.2, 0) is 0 Å². The lowest BCUT2D eigenvalue weighted by Crippen LogP contribution is -2.06. The van der Waals surface area contributed by atoms with E-state index in [0.29, 0.717) is 0 Å². The number of rotatable bonds is 1.